The van der Waals surface area contributed by atoms with Gasteiger partial charge in [-0.2, -0.15) is 0 Å². The fourth-order valence-corrected chi connectivity index (χ4v) is 2.83. The van der Waals surface area contributed by atoms with Gasteiger partial charge in [0.25, 0.3) is 5.56 Å². The van der Waals surface area contributed by atoms with E-state index in [1.54, 1.807) is 0 Å². The highest BCUT2D eigenvalue weighted by molar-refractivity contribution is 5.77. The summed E-state index contributed by atoms with van der Waals surface area (Å²) in [6, 6.07) is 7.50. The van der Waals surface area contributed by atoms with Crippen LogP contribution in [0.25, 0.3) is 10.9 Å². The molecule has 2 aromatic rings. The summed E-state index contributed by atoms with van der Waals surface area (Å²) in [4.78, 5) is 25.2. The second kappa shape index (κ2) is 4.33. The molecule has 2 saturated carbocycles. The van der Waals surface area contributed by atoms with E-state index < -0.39 is 0 Å². The molecule has 104 valence electrons. The molecule has 0 unspecified atom stereocenters. The molecule has 2 fully saturated rings. The first-order valence-corrected chi connectivity index (χ1v) is 7.46. The smallest absolute Gasteiger partial charge is 0.293 e. The third-order valence-corrected chi connectivity index (χ3v) is 4.41. The van der Waals surface area contributed by atoms with Gasteiger partial charge >= 0.3 is 5.69 Å². The standard InChI is InChI=1S/C16H18N2O2/c19-15-13-3-1-2-4-14(13)17(9-11-5-6-11)16(20)18(15)10-12-7-8-12/h1-4,11-12H,5-10H2. The topological polar surface area (TPSA) is 44.0 Å². The minimum absolute atomic E-state index is 0.118. The first-order chi connectivity index (χ1) is 9.74. The molecule has 0 N–H and O–H groups in total. The summed E-state index contributed by atoms with van der Waals surface area (Å²) in [6.07, 6.45) is 4.67. The Labute approximate surface area is 116 Å². The molecule has 0 radical (unpaired) electrons. The van der Waals surface area contributed by atoms with Crippen LogP contribution < -0.4 is 11.2 Å². The summed E-state index contributed by atoms with van der Waals surface area (Å²) in [7, 11) is 0. The van der Waals surface area contributed by atoms with Crippen LogP contribution in [0.4, 0.5) is 0 Å². The van der Waals surface area contributed by atoms with Crippen LogP contribution in [0.3, 0.4) is 0 Å². The van der Waals surface area contributed by atoms with Crippen LogP contribution in [0.1, 0.15) is 25.7 Å². The number of benzene rings is 1. The Kier molecular flexibility index (Phi) is 2.59. The van der Waals surface area contributed by atoms with Crippen molar-refractivity contribution < 1.29 is 0 Å². The van der Waals surface area contributed by atoms with Crippen molar-refractivity contribution in [3.63, 3.8) is 0 Å². The molecule has 2 aliphatic carbocycles. The van der Waals surface area contributed by atoms with Gasteiger partial charge in [-0.25, -0.2) is 4.79 Å². The first kappa shape index (κ1) is 11.9. The Balaban J connectivity index is 1.96. The Morgan fingerprint density at radius 1 is 0.900 bits per heavy atom. The highest BCUT2D eigenvalue weighted by Crippen LogP contribution is 2.31. The molecule has 1 heterocycles. The van der Waals surface area contributed by atoms with Gasteiger partial charge in [0, 0.05) is 13.1 Å². The summed E-state index contributed by atoms with van der Waals surface area (Å²) in [5.74, 6) is 1.14. The maximum absolute atomic E-state index is 12.7. The molecular weight excluding hydrogens is 252 g/mol. The van der Waals surface area contributed by atoms with Crippen molar-refractivity contribution in [1.82, 2.24) is 9.13 Å². The Morgan fingerprint density at radius 3 is 2.15 bits per heavy atom. The van der Waals surface area contributed by atoms with Crippen LogP contribution in [0, 0.1) is 11.8 Å². The van der Waals surface area contributed by atoms with Crippen molar-refractivity contribution in [2.45, 2.75) is 38.8 Å². The van der Waals surface area contributed by atoms with Gasteiger partial charge < -0.3 is 0 Å². The highest BCUT2D eigenvalue weighted by atomic mass is 16.2. The zero-order chi connectivity index (χ0) is 13.7. The van der Waals surface area contributed by atoms with Crippen LogP contribution in [-0.4, -0.2) is 9.13 Å². The molecule has 4 nitrogen and oxygen atoms in total. The van der Waals surface area contributed by atoms with Crippen molar-refractivity contribution in [3.05, 3.63) is 45.1 Å². The summed E-state index contributed by atoms with van der Waals surface area (Å²) in [5, 5.41) is 0.674. The first-order valence-electron chi connectivity index (χ1n) is 7.46. The van der Waals surface area contributed by atoms with Gasteiger partial charge in [-0.15, -0.1) is 0 Å². The molecule has 20 heavy (non-hydrogen) atoms. The van der Waals surface area contributed by atoms with Gasteiger partial charge in [-0.05, 0) is 49.7 Å². The van der Waals surface area contributed by atoms with Crippen LogP contribution in [0.5, 0.6) is 0 Å². The zero-order valence-corrected chi connectivity index (χ0v) is 11.4. The minimum Gasteiger partial charge on any atom is -0.293 e. The number of hydrogen-bond donors (Lipinski definition) is 0. The van der Waals surface area contributed by atoms with E-state index in [2.05, 4.69) is 0 Å². The van der Waals surface area contributed by atoms with Crippen LogP contribution in [0.2, 0.25) is 0 Å². The van der Waals surface area contributed by atoms with Crippen molar-refractivity contribution in [2.75, 3.05) is 0 Å². The van der Waals surface area contributed by atoms with Crippen molar-refractivity contribution in [3.8, 4) is 0 Å². The Morgan fingerprint density at radius 2 is 1.50 bits per heavy atom. The molecule has 0 atom stereocenters. The molecule has 1 aromatic heterocycles. The maximum atomic E-state index is 12.7. The largest absolute Gasteiger partial charge is 0.331 e. The van der Waals surface area contributed by atoms with Gasteiger partial charge in [0.1, 0.15) is 0 Å². The summed E-state index contributed by atoms with van der Waals surface area (Å²) < 4.78 is 3.28. The van der Waals surface area contributed by atoms with Crippen molar-refractivity contribution in [2.24, 2.45) is 11.8 Å². The average molecular weight is 270 g/mol. The molecule has 1 aromatic carbocycles. The molecule has 0 bridgehead atoms. The molecule has 0 amide bonds. The van der Waals surface area contributed by atoms with Gasteiger partial charge in [0.05, 0.1) is 10.9 Å². The van der Waals surface area contributed by atoms with E-state index in [0.29, 0.717) is 23.8 Å². The van der Waals surface area contributed by atoms with Crippen LogP contribution in [-0.2, 0) is 13.1 Å². The van der Waals surface area contributed by atoms with E-state index in [4.69, 9.17) is 0 Å². The highest BCUT2D eigenvalue weighted by Gasteiger charge is 2.27. The van der Waals surface area contributed by atoms with E-state index in [1.165, 1.54) is 17.4 Å². The normalized spacial score (nSPS) is 18.6. The van der Waals surface area contributed by atoms with E-state index in [9.17, 15) is 9.59 Å². The van der Waals surface area contributed by atoms with Gasteiger partial charge in [0.15, 0.2) is 0 Å². The molecule has 0 aliphatic heterocycles. The van der Waals surface area contributed by atoms with E-state index in [1.807, 2.05) is 28.8 Å². The number of para-hydroxylation sites is 1. The van der Waals surface area contributed by atoms with Crippen LogP contribution >= 0.6 is 0 Å². The SMILES string of the molecule is O=c1c2ccccc2n(CC2CC2)c(=O)n1CC1CC1. The molecular formula is C16H18N2O2. The van der Waals surface area contributed by atoms with Crippen LogP contribution in [0.15, 0.2) is 33.9 Å². The van der Waals surface area contributed by atoms with Gasteiger partial charge in [-0.1, -0.05) is 12.1 Å². The summed E-state index contributed by atoms with van der Waals surface area (Å²) in [5.41, 5.74) is 0.554. The van der Waals surface area contributed by atoms with Gasteiger partial charge in [0.2, 0.25) is 0 Å². The Hall–Kier alpha value is -1.84. The lowest BCUT2D eigenvalue weighted by Gasteiger charge is -2.13. The van der Waals surface area contributed by atoms with E-state index in [-0.39, 0.29) is 11.2 Å². The Bertz CT molecular complexity index is 779. The third kappa shape index (κ3) is 1.99. The predicted octanol–water partition coefficient (Wildman–Crippen LogP) is 1.98. The summed E-state index contributed by atoms with van der Waals surface area (Å²) >= 11 is 0. The van der Waals surface area contributed by atoms with Crippen molar-refractivity contribution >= 4 is 10.9 Å². The molecule has 4 rings (SSSR count). The second-order valence-electron chi connectivity index (χ2n) is 6.21. The quantitative estimate of drug-likeness (QED) is 0.852. The predicted molar refractivity (Wildman–Crippen MR) is 77.9 cm³/mol. The molecule has 0 saturated heterocycles. The third-order valence-electron chi connectivity index (χ3n) is 4.41. The average Bonchev–Trinajstić information content (AvgIpc) is 3.35. The van der Waals surface area contributed by atoms with E-state index >= 15 is 0 Å². The lowest BCUT2D eigenvalue weighted by molar-refractivity contribution is 0.522. The zero-order valence-electron chi connectivity index (χ0n) is 11.4. The maximum Gasteiger partial charge on any atom is 0.331 e. The lowest BCUT2D eigenvalue weighted by atomic mass is 10.2. The number of aromatic nitrogens is 2. The van der Waals surface area contributed by atoms with Crippen molar-refractivity contribution in [1.29, 1.82) is 0 Å². The molecule has 2 aliphatic rings. The monoisotopic (exact) mass is 270 g/mol. The van der Waals surface area contributed by atoms with E-state index in [0.717, 1.165) is 24.9 Å². The summed E-state index contributed by atoms with van der Waals surface area (Å²) in [6.45, 7) is 1.34. The minimum atomic E-state index is -0.121. The number of fused-ring (bicyclic) bond motifs is 1. The number of rotatable bonds is 4. The number of nitrogens with zero attached hydrogens (tertiary/aromatic N) is 2. The number of hydrogen-bond acceptors (Lipinski definition) is 2. The second-order valence-corrected chi connectivity index (χ2v) is 6.21. The lowest BCUT2D eigenvalue weighted by Crippen LogP contribution is -2.40. The van der Waals surface area contributed by atoms with Gasteiger partial charge in [-0.3, -0.25) is 13.9 Å². The fourth-order valence-electron chi connectivity index (χ4n) is 2.83. The molecule has 4 heteroatoms. The fraction of sp³-hybridized carbons (Fsp3) is 0.500. The molecule has 0 spiro atoms.